The Bertz CT molecular complexity index is 379. The molecule has 0 bridgehead atoms. The summed E-state index contributed by atoms with van der Waals surface area (Å²) in [6.45, 7) is 2.83. The summed E-state index contributed by atoms with van der Waals surface area (Å²) in [5.41, 5.74) is 8.39. The number of nitrogens with two attached hydrogens (primary N) is 1. The van der Waals surface area contributed by atoms with Crippen molar-refractivity contribution in [2.24, 2.45) is 11.7 Å². The van der Waals surface area contributed by atoms with Gasteiger partial charge >= 0.3 is 0 Å². The highest BCUT2D eigenvalue weighted by Gasteiger charge is 2.18. The number of hydrogen-bond donors (Lipinski definition) is 2. The van der Waals surface area contributed by atoms with Crippen molar-refractivity contribution >= 4 is 21.6 Å². The van der Waals surface area contributed by atoms with E-state index in [1.54, 1.807) is 0 Å². The smallest absolute Gasteiger partial charge is 0.0386 e. The summed E-state index contributed by atoms with van der Waals surface area (Å²) in [6, 6.07) is 6.85. The first-order valence-corrected chi connectivity index (χ1v) is 8.20. The second kappa shape index (κ2) is 7.30. The van der Waals surface area contributed by atoms with Gasteiger partial charge in [-0.1, -0.05) is 48.0 Å². The second-order valence-electron chi connectivity index (χ2n) is 5.83. The molecule has 1 fully saturated rings. The second-order valence-corrected chi connectivity index (χ2v) is 6.75. The molecule has 1 atom stereocenters. The fraction of sp³-hybridized carbons (Fsp3) is 0.625. The minimum absolute atomic E-state index is 0.400. The molecular formula is C16H25BrN2. The van der Waals surface area contributed by atoms with E-state index in [1.165, 1.54) is 49.8 Å². The lowest BCUT2D eigenvalue weighted by Gasteiger charge is -2.27. The average Bonchev–Trinajstić information content (AvgIpc) is 2.38. The molecule has 1 saturated carbocycles. The van der Waals surface area contributed by atoms with Crippen LogP contribution in [0.5, 0.6) is 0 Å². The maximum absolute atomic E-state index is 5.94. The van der Waals surface area contributed by atoms with E-state index in [1.807, 2.05) is 0 Å². The molecule has 1 aliphatic carbocycles. The number of halogens is 1. The third-order valence-corrected chi connectivity index (χ3v) is 4.50. The topological polar surface area (TPSA) is 38.0 Å². The molecule has 0 radical (unpaired) electrons. The van der Waals surface area contributed by atoms with Gasteiger partial charge in [0.05, 0.1) is 0 Å². The van der Waals surface area contributed by atoms with E-state index in [-0.39, 0.29) is 0 Å². The third kappa shape index (κ3) is 4.81. The van der Waals surface area contributed by atoms with Gasteiger partial charge in [0.1, 0.15) is 0 Å². The number of aryl methyl sites for hydroxylation is 1. The number of nitrogens with one attached hydrogen (secondary N) is 1. The van der Waals surface area contributed by atoms with E-state index in [4.69, 9.17) is 5.73 Å². The number of hydrogen-bond acceptors (Lipinski definition) is 2. The number of rotatable bonds is 5. The molecule has 0 heterocycles. The Hall–Kier alpha value is -0.540. The normalized spacial score (nSPS) is 18.3. The lowest BCUT2D eigenvalue weighted by atomic mass is 9.85. The maximum Gasteiger partial charge on any atom is 0.0386 e. The third-order valence-electron chi connectivity index (χ3n) is 4.04. The van der Waals surface area contributed by atoms with Crippen LogP contribution in [0.15, 0.2) is 22.7 Å². The first kappa shape index (κ1) is 14.9. The summed E-state index contributed by atoms with van der Waals surface area (Å²) < 4.78 is 1.13. The van der Waals surface area contributed by atoms with Crippen LogP contribution in [0.4, 0.5) is 5.69 Å². The van der Waals surface area contributed by atoms with Crippen LogP contribution in [0, 0.1) is 12.8 Å². The van der Waals surface area contributed by atoms with Gasteiger partial charge in [-0.15, -0.1) is 0 Å². The van der Waals surface area contributed by atoms with Crippen LogP contribution in [0.25, 0.3) is 0 Å². The molecule has 3 N–H and O–H groups in total. The molecular weight excluding hydrogens is 300 g/mol. The van der Waals surface area contributed by atoms with E-state index in [0.29, 0.717) is 12.6 Å². The van der Waals surface area contributed by atoms with Crippen LogP contribution in [0.3, 0.4) is 0 Å². The predicted octanol–water partition coefficient (Wildman–Crippen LogP) is 4.47. The molecule has 0 amide bonds. The Labute approximate surface area is 125 Å². The lowest BCUT2D eigenvalue weighted by molar-refractivity contribution is 0.324. The largest absolute Gasteiger partial charge is 0.381 e. The van der Waals surface area contributed by atoms with Gasteiger partial charge in [-0.3, -0.25) is 0 Å². The number of anilines is 1. The van der Waals surface area contributed by atoms with Crippen molar-refractivity contribution < 1.29 is 0 Å². The van der Waals surface area contributed by atoms with Crippen LogP contribution in [0.2, 0.25) is 0 Å². The maximum atomic E-state index is 5.94. The van der Waals surface area contributed by atoms with Crippen LogP contribution >= 0.6 is 15.9 Å². The van der Waals surface area contributed by atoms with Crippen LogP contribution < -0.4 is 11.1 Å². The van der Waals surface area contributed by atoms with Gasteiger partial charge < -0.3 is 11.1 Å². The quantitative estimate of drug-likeness (QED) is 0.838. The van der Waals surface area contributed by atoms with Gasteiger partial charge in [0.25, 0.3) is 0 Å². The van der Waals surface area contributed by atoms with E-state index in [0.717, 1.165) is 10.4 Å². The Morgan fingerprint density at radius 1 is 1.26 bits per heavy atom. The first-order valence-electron chi connectivity index (χ1n) is 7.41. The van der Waals surface area contributed by atoms with Crippen molar-refractivity contribution in [3.8, 4) is 0 Å². The highest BCUT2D eigenvalue weighted by atomic mass is 79.9. The Morgan fingerprint density at radius 2 is 2.00 bits per heavy atom. The summed E-state index contributed by atoms with van der Waals surface area (Å²) in [6.07, 6.45) is 8.20. The lowest BCUT2D eigenvalue weighted by Crippen LogP contribution is -2.31. The van der Waals surface area contributed by atoms with Crippen molar-refractivity contribution in [3.05, 3.63) is 28.2 Å². The minimum atomic E-state index is 0.400. The molecule has 1 unspecified atom stereocenters. The Balaban J connectivity index is 1.93. The van der Waals surface area contributed by atoms with E-state index < -0.39 is 0 Å². The van der Waals surface area contributed by atoms with Crippen molar-refractivity contribution in [2.45, 2.75) is 51.5 Å². The molecule has 1 aromatic rings. The monoisotopic (exact) mass is 324 g/mol. The predicted molar refractivity (Wildman–Crippen MR) is 86.5 cm³/mol. The summed E-state index contributed by atoms with van der Waals surface area (Å²) in [5.74, 6) is 0.864. The molecule has 3 heteroatoms. The summed E-state index contributed by atoms with van der Waals surface area (Å²) in [5, 5.41) is 3.60. The van der Waals surface area contributed by atoms with Crippen LogP contribution in [0.1, 0.15) is 44.1 Å². The van der Waals surface area contributed by atoms with E-state index >= 15 is 0 Å². The SMILES string of the molecule is Cc1cc(Br)cc(NC(CN)CC2CCCCC2)c1. The fourth-order valence-electron chi connectivity index (χ4n) is 3.09. The van der Waals surface area contributed by atoms with Crippen molar-refractivity contribution in [2.75, 3.05) is 11.9 Å². The average molecular weight is 325 g/mol. The Morgan fingerprint density at radius 3 is 2.63 bits per heavy atom. The van der Waals surface area contributed by atoms with Gasteiger partial charge in [0, 0.05) is 22.7 Å². The van der Waals surface area contributed by atoms with E-state index in [2.05, 4.69) is 46.4 Å². The van der Waals surface area contributed by atoms with Gasteiger partial charge in [-0.2, -0.15) is 0 Å². The zero-order valence-electron chi connectivity index (χ0n) is 11.8. The zero-order valence-corrected chi connectivity index (χ0v) is 13.4. The van der Waals surface area contributed by atoms with E-state index in [9.17, 15) is 0 Å². The van der Waals surface area contributed by atoms with Crippen LogP contribution in [-0.2, 0) is 0 Å². The van der Waals surface area contributed by atoms with Crippen molar-refractivity contribution in [1.82, 2.24) is 0 Å². The standard InChI is InChI=1S/C16H25BrN2/c1-12-7-14(17)10-15(8-12)19-16(11-18)9-13-5-3-2-4-6-13/h7-8,10,13,16,19H,2-6,9,11,18H2,1H3. The van der Waals surface area contributed by atoms with Gasteiger partial charge in [-0.05, 0) is 43.0 Å². The molecule has 1 aliphatic rings. The van der Waals surface area contributed by atoms with Gasteiger partial charge in [-0.25, -0.2) is 0 Å². The van der Waals surface area contributed by atoms with Crippen molar-refractivity contribution in [3.63, 3.8) is 0 Å². The molecule has 2 nitrogen and oxygen atoms in total. The van der Waals surface area contributed by atoms with Gasteiger partial charge in [0.2, 0.25) is 0 Å². The first-order chi connectivity index (χ1) is 9.17. The highest BCUT2D eigenvalue weighted by Crippen LogP contribution is 2.28. The molecule has 106 valence electrons. The molecule has 0 saturated heterocycles. The summed E-state index contributed by atoms with van der Waals surface area (Å²) >= 11 is 3.55. The molecule has 0 aromatic heterocycles. The summed E-state index contributed by atoms with van der Waals surface area (Å²) in [7, 11) is 0. The molecule has 1 aromatic carbocycles. The molecule has 2 rings (SSSR count). The van der Waals surface area contributed by atoms with Crippen LogP contribution in [-0.4, -0.2) is 12.6 Å². The minimum Gasteiger partial charge on any atom is -0.381 e. The molecule has 0 aliphatic heterocycles. The highest BCUT2D eigenvalue weighted by molar-refractivity contribution is 9.10. The zero-order chi connectivity index (χ0) is 13.7. The number of benzene rings is 1. The Kier molecular flexibility index (Phi) is 5.71. The van der Waals surface area contributed by atoms with Crippen molar-refractivity contribution in [1.29, 1.82) is 0 Å². The molecule has 19 heavy (non-hydrogen) atoms. The van der Waals surface area contributed by atoms with Gasteiger partial charge in [0.15, 0.2) is 0 Å². The fourth-order valence-corrected chi connectivity index (χ4v) is 3.70. The summed E-state index contributed by atoms with van der Waals surface area (Å²) in [4.78, 5) is 0. The molecule has 0 spiro atoms.